The van der Waals surface area contributed by atoms with Gasteiger partial charge in [-0.05, 0) is 37.6 Å². The molecule has 0 saturated heterocycles. The fourth-order valence-corrected chi connectivity index (χ4v) is 2.50. The van der Waals surface area contributed by atoms with Gasteiger partial charge in [-0.2, -0.15) is 0 Å². The number of amides is 1. The molecule has 2 aromatic heterocycles. The first-order valence-electron chi connectivity index (χ1n) is 6.66. The van der Waals surface area contributed by atoms with Crippen molar-refractivity contribution in [3.05, 3.63) is 46.0 Å². The Hall–Kier alpha value is -1.92. The number of furan rings is 1. The van der Waals surface area contributed by atoms with Crippen molar-refractivity contribution in [3.8, 4) is 0 Å². The summed E-state index contributed by atoms with van der Waals surface area (Å²) in [5.41, 5.74) is 0. The van der Waals surface area contributed by atoms with E-state index >= 15 is 0 Å². The van der Waals surface area contributed by atoms with Gasteiger partial charge in [0, 0.05) is 13.2 Å². The molecular weight excluding hydrogens is 290 g/mol. The summed E-state index contributed by atoms with van der Waals surface area (Å²) in [5.74, 6) is 0.610. The fraction of sp³-hybridized carbons (Fsp3) is 0.333. The molecular formula is C15H17NO4S. The third-order valence-electron chi connectivity index (χ3n) is 2.75. The quantitative estimate of drug-likeness (QED) is 0.601. The number of ketones is 1. The van der Waals surface area contributed by atoms with E-state index in [2.05, 4.69) is 5.32 Å². The van der Waals surface area contributed by atoms with Gasteiger partial charge in [-0.15, -0.1) is 11.3 Å². The van der Waals surface area contributed by atoms with Crippen LogP contribution in [-0.4, -0.2) is 24.8 Å². The lowest BCUT2D eigenvalue weighted by atomic mass is 10.3. The van der Waals surface area contributed by atoms with Crippen molar-refractivity contribution in [1.82, 2.24) is 5.32 Å². The number of carbonyl (C=O) groups is 2. The number of thiophene rings is 1. The van der Waals surface area contributed by atoms with Crippen LogP contribution >= 0.6 is 11.3 Å². The summed E-state index contributed by atoms with van der Waals surface area (Å²) in [6, 6.07) is 7.01. The molecule has 2 heterocycles. The Morgan fingerprint density at radius 2 is 2.10 bits per heavy atom. The molecule has 2 rings (SSSR count). The molecule has 21 heavy (non-hydrogen) atoms. The molecule has 0 atom stereocenters. The molecule has 1 amide bonds. The molecule has 2 aromatic rings. The summed E-state index contributed by atoms with van der Waals surface area (Å²) in [5, 5.41) is 2.80. The molecule has 0 bridgehead atoms. The number of nitrogens with one attached hydrogen (secondary N) is 1. The summed E-state index contributed by atoms with van der Waals surface area (Å²) in [6.07, 6.45) is 2.33. The lowest BCUT2D eigenvalue weighted by molar-refractivity contribution is 0.0920. The van der Waals surface area contributed by atoms with Crippen molar-refractivity contribution < 1.29 is 18.7 Å². The van der Waals surface area contributed by atoms with E-state index < -0.39 is 0 Å². The van der Waals surface area contributed by atoms with Crippen molar-refractivity contribution in [3.63, 3.8) is 0 Å². The van der Waals surface area contributed by atoms with Crippen molar-refractivity contribution in [2.75, 3.05) is 13.2 Å². The second kappa shape index (κ2) is 7.75. The Labute approximate surface area is 126 Å². The Kier molecular flexibility index (Phi) is 5.71. The molecule has 1 N–H and O–H groups in total. The first kappa shape index (κ1) is 15.5. The van der Waals surface area contributed by atoms with Crippen LogP contribution in [0, 0.1) is 0 Å². The predicted molar refractivity (Wildman–Crippen MR) is 79.6 cm³/mol. The minimum Gasteiger partial charge on any atom is -0.467 e. The van der Waals surface area contributed by atoms with Crippen molar-refractivity contribution in [2.45, 2.75) is 20.0 Å². The van der Waals surface area contributed by atoms with Crippen LogP contribution in [0.2, 0.25) is 0 Å². The summed E-state index contributed by atoms with van der Waals surface area (Å²) in [4.78, 5) is 24.1. The zero-order valence-corrected chi connectivity index (χ0v) is 12.6. The van der Waals surface area contributed by atoms with Gasteiger partial charge < -0.3 is 14.5 Å². The smallest absolute Gasteiger partial charge is 0.261 e. The van der Waals surface area contributed by atoms with Crippen LogP contribution in [-0.2, 0) is 11.3 Å². The predicted octanol–water partition coefficient (Wildman–Crippen LogP) is 2.88. The van der Waals surface area contributed by atoms with Gasteiger partial charge >= 0.3 is 0 Å². The maximum atomic E-state index is 11.8. The minimum atomic E-state index is -0.154. The highest BCUT2D eigenvalue weighted by atomic mass is 32.1. The van der Waals surface area contributed by atoms with Gasteiger partial charge in [0.1, 0.15) is 12.4 Å². The van der Waals surface area contributed by atoms with Crippen LogP contribution in [0.15, 0.2) is 34.9 Å². The summed E-state index contributed by atoms with van der Waals surface area (Å²) in [6.45, 7) is 3.01. The van der Waals surface area contributed by atoms with Crippen molar-refractivity contribution >= 4 is 23.0 Å². The van der Waals surface area contributed by atoms with Gasteiger partial charge in [-0.3, -0.25) is 9.59 Å². The van der Waals surface area contributed by atoms with Crippen LogP contribution in [0.5, 0.6) is 0 Å². The number of hydrogen-bond acceptors (Lipinski definition) is 5. The lowest BCUT2D eigenvalue weighted by Crippen LogP contribution is -2.24. The zero-order chi connectivity index (χ0) is 15.1. The number of ether oxygens (including phenoxy) is 1. The van der Waals surface area contributed by atoms with Gasteiger partial charge in [0.2, 0.25) is 0 Å². The van der Waals surface area contributed by atoms with E-state index in [4.69, 9.17) is 9.15 Å². The standard InChI is InChI=1S/C15H17NO4S/c1-11(17)13-5-6-14(21-13)15(18)16-7-3-8-19-10-12-4-2-9-20-12/h2,4-6,9H,3,7-8,10H2,1H3,(H,16,18). The Morgan fingerprint density at radius 1 is 1.29 bits per heavy atom. The van der Waals surface area contributed by atoms with Crippen LogP contribution < -0.4 is 5.32 Å². The molecule has 0 aromatic carbocycles. The maximum absolute atomic E-state index is 11.8. The largest absolute Gasteiger partial charge is 0.467 e. The second-order valence-corrected chi connectivity index (χ2v) is 5.55. The Bertz CT molecular complexity index is 589. The molecule has 0 aliphatic heterocycles. The summed E-state index contributed by atoms with van der Waals surface area (Å²) >= 11 is 1.21. The van der Waals surface area contributed by atoms with Crippen LogP contribution in [0.25, 0.3) is 0 Å². The third-order valence-corrected chi connectivity index (χ3v) is 3.94. The number of rotatable bonds is 8. The van der Waals surface area contributed by atoms with Gasteiger partial charge in [-0.1, -0.05) is 0 Å². The maximum Gasteiger partial charge on any atom is 0.261 e. The van der Waals surface area contributed by atoms with Gasteiger partial charge in [0.05, 0.1) is 16.0 Å². The molecule has 0 aliphatic carbocycles. The molecule has 6 heteroatoms. The SMILES string of the molecule is CC(=O)c1ccc(C(=O)NCCCOCc2ccco2)s1. The van der Waals surface area contributed by atoms with Gasteiger partial charge in [0.15, 0.2) is 5.78 Å². The average Bonchev–Trinajstić information content (AvgIpc) is 3.13. The first-order valence-corrected chi connectivity index (χ1v) is 7.47. The molecule has 5 nitrogen and oxygen atoms in total. The van der Waals surface area contributed by atoms with Crippen LogP contribution in [0.4, 0.5) is 0 Å². The number of carbonyl (C=O) groups excluding carboxylic acids is 2. The van der Waals surface area contributed by atoms with Crippen molar-refractivity contribution in [1.29, 1.82) is 0 Å². The third kappa shape index (κ3) is 4.84. The molecule has 112 valence electrons. The molecule has 0 fully saturated rings. The van der Waals surface area contributed by atoms with Crippen molar-refractivity contribution in [2.24, 2.45) is 0 Å². The summed E-state index contributed by atoms with van der Waals surface area (Å²) in [7, 11) is 0. The van der Waals surface area contributed by atoms with E-state index in [-0.39, 0.29) is 11.7 Å². The Balaban J connectivity index is 1.61. The zero-order valence-electron chi connectivity index (χ0n) is 11.8. The van der Waals surface area contributed by atoms with E-state index in [1.807, 2.05) is 12.1 Å². The normalized spacial score (nSPS) is 10.5. The highest BCUT2D eigenvalue weighted by Crippen LogP contribution is 2.16. The lowest BCUT2D eigenvalue weighted by Gasteiger charge is -2.04. The topological polar surface area (TPSA) is 68.5 Å². The van der Waals surface area contributed by atoms with Crippen LogP contribution in [0.3, 0.4) is 0 Å². The molecule has 0 radical (unpaired) electrons. The number of hydrogen-bond donors (Lipinski definition) is 1. The van der Waals surface area contributed by atoms with E-state index in [0.717, 1.165) is 12.2 Å². The van der Waals surface area contributed by atoms with E-state index in [9.17, 15) is 9.59 Å². The van der Waals surface area contributed by atoms with Gasteiger partial charge in [0.25, 0.3) is 5.91 Å². The highest BCUT2D eigenvalue weighted by Gasteiger charge is 2.10. The van der Waals surface area contributed by atoms with Gasteiger partial charge in [-0.25, -0.2) is 0 Å². The van der Waals surface area contributed by atoms with E-state index in [1.165, 1.54) is 18.3 Å². The molecule has 0 unspecified atom stereocenters. The molecule has 0 aliphatic rings. The molecule has 0 spiro atoms. The summed E-state index contributed by atoms with van der Waals surface area (Å²) < 4.78 is 10.6. The average molecular weight is 307 g/mol. The monoisotopic (exact) mass is 307 g/mol. The van der Waals surface area contributed by atoms with E-state index in [1.54, 1.807) is 18.4 Å². The van der Waals surface area contributed by atoms with Crippen LogP contribution in [0.1, 0.15) is 38.4 Å². The second-order valence-electron chi connectivity index (χ2n) is 4.46. The molecule has 0 saturated carbocycles. The highest BCUT2D eigenvalue weighted by molar-refractivity contribution is 7.15. The Morgan fingerprint density at radius 3 is 2.76 bits per heavy atom. The number of Topliss-reactive ketones (excluding diaryl/α,β-unsaturated/α-hetero) is 1. The first-order chi connectivity index (χ1) is 10.2. The minimum absolute atomic E-state index is 0.0228. The fourth-order valence-electron chi connectivity index (χ4n) is 1.68. The van der Waals surface area contributed by atoms with E-state index in [0.29, 0.717) is 29.5 Å².